The van der Waals surface area contributed by atoms with Crippen molar-refractivity contribution in [2.24, 2.45) is 0 Å². The Kier molecular flexibility index (Phi) is 4.86. The number of halogens is 1. The molecule has 1 aromatic rings. The number of hydrogen-bond acceptors (Lipinski definition) is 3. The first kappa shape index (κ1) is 14.7. The Hall–Kier alpha value is -1.73. The van der Waals surface area contributed by atoms with E-state index in [1.165, 1.54) is 6.07 Å². The maximum atomic E-state index is 14.1. The van der Waals surface area contributed by atoms with Crippen LogP contribution in [0.2, 0.25) is 0 Å². The molecule has 4 heteroatoms. The van der Waals surface area contributed by atoms with Gasteiger partial charge in [0.1, 0.15) is 17.7 Å². The Morgan fingerprint density at radius 2 is 2.30 bits per heavy atom. The summed E-state index contributed by atoms with van der Waals surface area (Å²) in [5.41, 5.74) is 0.627. The van der Waals surface area contributed by atoms with Gasteiger partial charge in [-0.1, -0.05) is 18.6 Å². The van der Waals surface area contributed by atoms with Gasteiger partial charge in [0, 0.05) is 24.6 Å². The first-order valence-corrected chi connectivity index (χ1v) is 7.02. The van der Waals surface area contributed by atoms with E-state index in [0.29, 0.717) is 18.5 Å². The normalized spacial score (nSPS) is 19.6. The molecule has 106 valence electrons. The highest BCUT2D eigenvalue weighted by molar-refractivity contribution is 5.76. The quantitative estimate of drug-likeness (QED) is 0.847. The molecule has 1 aliphatic rings. The number of likely N-dealkylation sites (tertiary alicyclic amines) is 1. The third-order valence-corrected chi connectivity index (χ3v) is 3.84. The molecule has 0 N–H and O–H groups in total. The number of carbonyl (C=O) groups is 1. The van der Waals surface area contributed by atoms with E-state index in [0.717, 1.165) is 25.8 Å². The van der Waals surface area contributed by atoms with Crippen LogP contribution in [0.1, 0.15) is 43.7 Å². The number of nitrogens with zero attached hydrogens (tertiary/aromatic N) is 2. The molecule has 1 fully saturated rings. The number of ketones is 1. The third kappa shape index (κ3) is 3.43. The van der Waals surface area contributed by atoms with Gasteiger partial charge in [-0.3, -0.25) is 9.69 Å². The fourth-order valence-electron chi connectivity index (χ4n) is 2.84. The van der Waals surface area contributed by atoms with Crippen LogP contribution in [0.25, 0.3) is 0 Å². The fraction of sp³-hybridized carbons (Fsp3) is 0.500. The third-order valence-electron chi connectivity index (χ3n) is 3.84. The Labute approximate surface area is 119 Å². The Bertz CT molecular complexity index is 536. The SMILES string of the molecule is CC(=O)CC1CCCCN1Cc1cccc(C#N)c1F. The minimum Gasteiger partial charge on any atom is -0.300 e. The summed E-state index contributed by atoms with van der Waals surface area (Å²) in [4.78, 5) is 13.5. The lowest BCUT2D eigenvalue weighted by molar-refractivity contribution is -0.118. The molecule has 0 aromatic heterocycles. The van der Waals surface area contributed by atoms with Gasteiger partial charge in [-0.2, -0.15) is 5.26 Å². The molecule has 0 aliphatic carbocycles. The summed E-state index contributed by atoms with van der Waals surface area (Å²) in [6.45, 7) is 2.96. The highest BCUT2D eigenvalue weighted by Crippen LogP contribution is 2.23. The van der Waals surface area contributed by atoms with Gasteiger partial charge in [-0.15, -0.1) is 0 Å². The molecule has 1 atom stereocenters. The van der Waals surface area contributed by atoms with Gasteiger partial charge in [-0.05, 0) is 32.4 Å². The van der Waals surface area contributed by atoms with E-state index in [4.69, 9.17) is 5.26 Å². The maximum Gasteiger partial charge on any atom is 0.145 e. The number of rotatable bonds is 4. The lowest BCUT2D eigenvalue weighted by Crippen LogP contribution is -2.40. The van der Waals surface area contributed by atoms with E-state index in [9.17, 15) is 9.18 Å². The van der Waals surface area contributed by atoms with E-state index < -0.39 is 5.82 Å². The van der Waals surface area contributed by atoms with Gasteiger partial charge in [0.15, 0.2) is 0 Å². The second-order valence-corrected chi connectivity index (χ2v) is 5.42. The zero-order valence-corrected chi connectivity index (χ0v) is 11.7. The molecule has 0 amide bonds. The van der Waals surface area contributed by atoms with E-state index in [1.54, 1.807) is 19.1 Å². The van der Waals surface area contributed by atoms with Crippen molar-refractivity contribution in [3.05, 3.63) is 35.1 Å². The van der Waals surface area contributed by atoms with Crippen molar-refractivity contribution in [3.8, 4) is 6.07 Å². The molecule has 2 rings (SSSR count). The van der Waals surface area contributed by atoms with Gasteiger partial charge in [0.2, 0.25) is 0 Å². The van der Waals surface area contributed by atoms with Crippen molar-refractivity contribution in [1.29, 1.82) is 5.26 Å². The predicted molar refractivity (Wildman–Crippen MR) is 74.5 cm³/mol. The first-order chi connectivity index (χ1) is 9.61. The summed E-state index contributed by atoms with van der Waals surface area (Å²) in [6.07, 6.45) is 3.71. The van der Waals surface area contributed by atoms with Crippen molar-refractivity contribution in [2.75, 3.05) is 6.54 Å². The van der Waals surface area contributed by atoms with Crippen LogP contribution < -0.4 is 0 Å². The summed E-state index contributed by atoms with van der Waals surface area (Å²) >= 11 is 0. The molecule has 20 heavy (non-hydrogen) atoms. The number of nitriles is 1. The van der Waals surface area contributed by atoms with E-state index in [1.807, 2.05) is 6.07 Å². The molecular formula is C16H19FN2O. The Morgan fingerprint density at radius 3 is 3.00 bits per heavy atom. The summed E-state index contributed by atoms with van der Waals surface area (Å²) in [7, 11) is 0. The maximum absolute atomic E-state index is 14.1. The van der Waals surface area contributed by atoms with Crippen LogP contribution in [-0.2, 0) is 11.3 Å². The summed E-state index contributed by atoms with van der Waals surface area (Å²) in [6, 6.07) is 6.98. The number of Topliss-reactive ketones (excluding diaryl/α,β-unsaturated/α-hetero) is 1. The van der Waals surface area contributed by atoms with Crippen LogP contribution in [0.4, 0.5) is 4.39 Å². The second kappa shape index (κ2) is 6.62. The highest BCUT2D eigenvalue weighted by atomic mass is 19.1. The summed E-state index contributed by atoms with van der Waals surface area (Å²) in [5, 5.41) is 8.87. The molecule has 0 radical (unpaired) electrons. The van der Waals surface area contributed by atoms with Crippen molar-refractivity contribution in [1.82, 2.24) is 4.90 Å². The second-order valence-electron chi connectivity index (χ2n) is 5.42. The van der Waals surface area contributed by atoms with Gasteiger partial charge < -0.3 is 0 Å². The molecule has 1 saturated heterocycles. The molecule has 1 aliphatic heterocycles. The van der Waals surface area contributed by atoms with E-state index in [-0.39, 0.29) is 17.4 Å². The predicted octanol–water partition coefficient (Wildman–Crippen LogP) is 3.03. The van der Waals surface area contributed by atoms with Crippen LogP contribution in [-0.4, -0.2) is 23.3 Å². The van der Waals surface area contributed by atoms with Crippen molar-refractivity contribution < 1.29 is 9.18 Å². The smallest absolute Gasteiger partial charge is 0.145 e. The fourth-order valence-corrected chi connectivity index (χ4v) is 2.84. The molecule has 3 nitrogen and oxygen atoms in total. The van der Waals surface area contributed by atoms with Crippen molar-refractivity contribution in [3.63, 3.8) is 0 Å². The van der Waals surface area contributed by atoms with E-state index >= 15 is 0 Å². The Morgan fingerprint density at radius 1 is 1.50 bits per heavy atom. The standard InChI is InChI=1S/C16H19FN2O/c1-12(20)9-15-7-2-3-8-19(15)11-14-6-4-5-13(10-18)16(14)17/h4-6,15H,2-3,7-9,11H2,1H3. The molecule has 1 heterocycles. The molecule has 1 unspecified atom stereocenters. The van der Waals surface area contributed by atoms with E-state index in [2.05, 4.69) is 4.90 Å². The Balaban J connectivity index is 2.15. The van der Waals surface area contributed by atoms with Gasteiger partial charge in [0.05, 0.1) is 5.56 Å². The lowest BCUT2D eigenvalue weighted by atomic mass is 9.97. The van der Waals surface area contributed by atoms with Gasteiger partial charge >= 0.3 is 0 Å². The van der Waals surface area contributed by atoms with Crippen LogP contribution in [0, 0.1) is 17.1 Å². The average Bonchev–Trinajstić information content (AvgIpc) is 2.42. The molecule has 0 spiro atoms. The van der Waals surface area contributed by atoms with Crippen LogP contribution in [0.15, 0.2) is 18.2 Å². The average molecular weight is 274 g/mol. The van der Waals surface area contributed by atoms with Gasteiger partial charge in [-0.25, -0.2) is 4.39 Å². The van der Waals surface area contributed by atoms with Gasteiger partial charge in [0.25, 0.3) is 0 Å². The zero-order chi connectivity index (χ0) is 14.5. The summed E-state index contributed by atoms with van der Waals surface area (Å²) in [5.74, 6) is -0.254. The first-order valence-electron chi connectivity index (χ1n) is 7.02. The van der Waals surface area contributed by atoms with Crippen LogP contribution in [0.3, 0.4) is 0 Å². The zero-order valence-electron chi connectivity index (χ0n) is 11.7. The monoisotopic (exact) mass is 274 g/mol. The topological polar surface area (TPSA) is 44.1 Å². The summed E-state index contributed by atoms with van der Waals surface area (Å²) < 4.78 is 14.1. The van der Waals surface area contributed by atoms with Crippen molar-refractivity contribution in [2.45, 2.75) is 45.2 Å². The minimum atomic E-state index is -0.429. The number of carbonyl (C=O) groups excluding carboxylic acids is 1. The van der Waals surface area contributed by atoms with Crippen LogP contribution in [0.5, 0.6) is 0 Å². The number of benzene rings is 1. The number of hydrogen-bond donors (Lipinski definition) is 0. The molecule has 1 aromatic carbocycles. The lowest BCUT2D eigenvalue weighted by Gasteiger charge is -2.35. The highest BCUT2D eigenvalue weighted by Gasteiger charge is 2.24. The largest absolute Gasteiger partial charge is 0.300 e. The molecule has 0 bridgehead atoms. The molecule has 0 saturated carbocycles. The number of piperidine rings is 1. The van der Waals surface area contributed by atoms with Crippen molar-refractivity contribution >= 4 is 5.78 Å². The van der Waals surface area contributed by atoms with Crippen LogP contribution >= 0.6 is 0 Å². The molecular weight excluding hydrogens is 255 g/mol. The minimum absolute atomic E-state index is 0.0858.